The summed E-state index contributed by atoms with van der Waals surface area (Å²) in [5.74, 6) is -0.309. The summed E-state index contributed by atoms with van der Waals surface area (Å²) in [6.45, 7) is 5.51. The number of carbonyl (C=O) groups excluding carboxylic acids is 1. The van der Waals surface area contributed by atoms with Gasteiger partial charge in [-0.25, -0.2) is 4.79 Å². The number of hydrogen-bond acceptors (Lipinski definition) is 3. The smallest absolute Gasteiger partial charge is 0.298 e. The largest absolute Gasteiger partial charge is 0.342 e. The molecule has 0 saturated heterocycles. The number of benzene rings is 1. The second-order valence-electron chi connectivity index (χ2n) is 4.99. The lowest BCUT2D eigenvalue weighted by Crippen LogP contribution is -2.21. The van der Waals surface area contributed by atoms with Gasteiger partial charge in [-0.15, -0.1) is 0 Å². The van der Waals surface area contributed by atoms with Crippen molar-refractivity contribution >= 4 is 5.97 Å². The molecule has 1 aromatic carbocycles. The van der Waals surface area contributed by atoms with Crippen molar-refractivity contribution in [3.05, 3.63) is 35.9 Å². The lowest BCUT2D eigenvalue weighted by molar-refractivity contribution is -0.320. The van der Waals surface area contributed by atoms with E-state index in [0.717, 1.165) is 12.8 Å². The Balaban J connectivity index is 2.17. The summed E-state index contributed by atoms with van der Waals surface area (Å²) in [4.78, 5) is 21.0. The van der Waals surface area contributed by atoms with Gasteiger partial charge in [-0.2, -0.15) is 4.89 Å². The highest BCUT2D eigenvalue weighted by atomic mass is 17.2. The quantitative estimate of drug-likeness (QED) is 0.581. The van der Waals surface area contributed by atoms with Gasteiger partial charge < -0.3 is 0 Å². The van der Waals surface area contributed by atoms with Crippen LogP contribution >= 0.6 is 0 Å². The molecule has 3 heteroatoms. The van der Waals surface area contributed by atoms with Crippen molar-refractivity contribution in [2.24, 2.45) is 0 Å². The lowest BCUT2D eigenvalue weighted by Gasteiger charge is -2.16. The van der Waals surface area contributed by atoms with E-state index in [1.54, 1.807) is 0 Å². The maximum atomic E-state index is 11.3. The molecule has 0 atom stereocenters. The molecule has 0 spiro atoms. The van der Waals surface area contributed by atoms with E-state index in [1.165, 1.54) is 5.56 Å². The third-order valence-electron chi connectivity index (χ3n) is 2.07. The molecule has 94 valence electrons. The zero-order chi connectivity index (χ0) is 12.7. The third kappa shape index (κ3) is 6.74. The summed E-state index contributed by atoms with van der Waals surface area (Å²) < 4.78 is 0. The van der Waals surface area contributed by atoms with Crippen LogP contribution in [0, 0.1) is 0 Å². The van der Waals surface area contributed by atoms with Gasteiger partial charge in [0.1, 0.15) is 5.60 Å². The first-order valence-corrected chi connectivity index (χ1v) is 5.90. The Hall–Kier alpha value is -1.35. The third-order valence-corrected chi connectivity index (χ3v) is 2.07. The van der Waals surface area contributed by atoms with Crippen LogP contribution in [0.5, 0.6) is 0 Å². The lowest BCUT2D eigenvalue weighted by atomic mass is 10.1. The number of rotatable bonds is 5. The fourth-order valence-electron chi connectivity index (χ4n) is 1.29. The SMILES string of the molecule is CC(C)(C)OOC(=O)CCCc1ccccc1. The number of aryl methyl sites for hydroxylation is 1. The Morgan fingerprint density at radius 2 is 1.82 bits per heavy atom. The highest BCUT2D eigenvalue weighted by Crippen LogP contribution is 2.09. The van der Waals surface area contributed by atoms with E-state index < -0.39 is 5.60 Å². The zero-order valence-electron chi connectivity index (χ0n) is 10.7. The molecular weight excluding hydrogens is 216 g/mol. The molecule has 0 unspecified atom stereocenters. The molecule has 0 aromatic heterocycles. The highest BCUT2D eigenvalue weighted by Gasteiger charge is 2.14. The van der Waals surface area contributed by atoms with Gasteiger partial charge in [-0.3, -0.25) is 4.89 Å². The molecule has 0 aliphatic carbocycles. The van der Waals surface area contributed by atoms with Gasteiger partial charge in [0.2, 0.25) is 0 Å². The van der Waals surface area contributed by atoms with Crippen molar-refractivity contribution in [1.29, 1.82) is 0 Å². The summed E-state index contributed by atoms with van der Waals surface area (Å²) in [7, 11) is 0. The standard InChI is InChI=1S/C14H20O3/c1-14(2,3)17-16-13(15)11-7-10-12-8-5-4-6-9-12/h4-6,8-9H,7,10-11H2,1-3H3. The highest BCUT2D eigenvalue weighted by molar-refractivity contribution is 5.68. The molecule has 0 bridgehead atoms. The monoisotopic (exact) mass is 236 g/mol. The zero-order valence-corrected chi connectivity index (χ0v) is 10.7. The molecule has 0 N–H and O–H groups in total. The van der Waals surface area contributed by atoms with Crippen molar-refractivity contribution in [2.75, 3.05) is 0 Å². The summed E-state index contributed by atoms with van der Waals surface area (Å²) in [6, 6.07) is 10.1. The fourth-order valence-corrected chi connectivity index (χ4v) is 1.29. The first-order chi connectivity index (χ1) is 7.97. The Morgan fingerprint density at radius 3 is 2.41 bits per heavy atom. The summed E-state index contributed by atoms with van der Waals surface area (Å²) >= 11 is 0. The predicted molar refractivity (Wildman–Crippen MR) is 66.3 cm³/mol. The van der Waals surface area contributed by atoms with Crippen LogP contribution in [0.2, 0.25) is 0 Å². The maximum absolute atomic E-state index is 11.3. The molecular formula is C14H20O3. The molecule has 0 heterocycles. The van der Waals surface area contributed by atoms with Crippen LogP contribution in [0.1, 0.15) is 39.2 Å². The van der Waals surface area contributed by atoms with Crippen LogP contribution in [0.4, 0.5) is 0 Å². The van der Waals surface area contributed by atoms with E-state index in [4.69, 9.17) is 9.78 Å². The molecule has 0 aliphatic rings. The predicted octanol–water partition coefficient (Wildman–Crippen LogP) is 3.28. The first-order valence-electron chi connectivity index (χ1n) is 5.90. The molecule has 1 rings (SSSR count). The van der Waals surface area contributed by atoms with Crippen molar-refractivity contribution in [2.45, 2.75) is 45.6 Å². The van der Waals surface area contributed by atoms with Crippen molar-refractivity contribution in [1.82, 2.24) is 0 Å². The van der Waals surface area contributed by atoms with Gasteiger partial charge in [0, 0.05) is 6.42 Å². The van der Waals surface area contributed by atoms with E-state index in [1.807, 2.05) is 39.0 Å². The average molecular weight is 236 g/mol. The Labute approximate surface area is 103 Å². The van der Waals surface area contributed by atoms with Crippen LogP contribution in [-0.4, -0.2) is 11.6 Å². The van der Waals surface area contributed by atoms with Gasteiger partial charge in [0.25, 0.3) is 0 Å². The van der Waals surface area contributed by atoms with E-state index in [-0.39, 0.29) is 5.97 Å². The van der Waals surface area contributed by atoms with Gasteiger partial charge in [0.15, 0.2) is 0 Å². The summed E-state index contributed by atoms with van der Waals surface area (Å²) in [6.07, 6.45) is 2.03. The normalized spacial score (nSPS) is 11.2. The Bertz CT molecular complexity index is 338. The van der Waals surface area contributed by atoms with Crippen molar-refractivity contribution in [3.8, 4) is 0 Å². The number of hydrogen-bond donors (Lipinski definition) is 0. The Morgan fingerprint density at radius 1 is 1.18 bits per heavy atom. The number of carbonyl (C=O) groups is 1. The van der Waals surface area contributed by atoms with Crippen LogP contribution in [0.25, 0.3) is 0 Å². The molecule has 0 radical (unpaired) electrons. The molecule has 0 fully saturated rings. The molecule has 0 saturated carbocycles. The molecule has 3 nitrogen and oxygen atoms in total. The topological polar surface area (TPSA) is 35.5 Å². The van der Waals surface area contributed by atoms with Gasteiger partial charge >= 0.3 is 5.97 Å². The van der Waals surface area contributed by atoms with Crippen LogP contribution in [-0.2, 0) is 21.0 Å². The second kappa shape index (κ2) is 6.40. The fraction of sp³-hybridized carbons (Fsp3) is 0.500. The maximum Gasteiger partial charge on any atom is 0.342 e. The van der Waals surface area contributed by atoms with Crippen LogP contribution < -0.4 is 0 Å². The average Bonchev–Trinajstić information content (AvgIpc) is 2.27. The minimum atomic E-state index is -0.449. The van der Waals surface area contributed by atoms with E-state index >= 15 is 0 Å². The molecule has 1 aromatic rings. The van der Waals surface area contributed by atoms with Crippen LogP contribution in [0.15, 0.2) is 30.3 Å². The summed E-state index contributed by atoms with van der Waals surface area (Å²) in [5, 5.41) is 0. The van der Waals surface area contributed by atoms with E-state index in [0.29, 0.717) is 6.42 Å². The minimum Gasteiger partial charge on any atom is -0.298 e. The van der Waals surface area contributed by atoms with Gasteiger partial charge in [0.05, 0.1) is 0 Å². The molecule has 0 aliphatic heterocycles. The van der Waals surface area contributed by atoms with Crippen molar-refractivity contribution in [3.63, 3.8) is 0 Å². The Kier molecular flexibility index (Phi) is 5.16. The van der Waals surface area contributed by atoms with Crippen LogP contribution in [0.3, 0.4) is 0 Å². The molecule has 17 heavy (non-hydrogen) atoms. The van der Waals surface area contributed by atoms with Gasteiger partial charge in [-0.05, 0) is 39.2 Å². The first kappa shape index (κ1) is 13.7. The second-order valence-corrected chi connectivity index (χ2v) is 4.99. The van der Waals surface area contributed by atoms with E-state index in [2.05, 4.69) is 12.1 Å². The van der Waals surface area contributed by atoms with Gasteiger partial charge in [-0.1, -0.05) is 30.3 Å². The minimum absolute atomic E-state index is 0.309. The van der Waals surface area contributed by atoms with E-state index in [9.17, 15) is 4.79 Å². The molecule has 0 amide bonds. The van der Waals surface area contributed by atoms with Crippen molar-refractivity contribution < 1.29 is 14.6 Å². The summed E-state index contributed by atoms with van der Waals surface area (Å²) in [5.41, 5.74) is 0.784.